The third kappa shape index (κ3) is 3.68. The van der Waals surface area contributed by atoms with Gasteiger partial charge in [0.15, 0.2) is 11.5 Å². The average molecular weight is 354 g/mol. The standard InChI is InChI=1S/C17H26N2O4S/c1-22-16-10-13-8-9-19(12-14(13)11-17(16)23-2)24(20,21)18-15-6-4-3-5-7-15/h10-11,15,18H,3-9,12H2,1-2H3. The fraction of sp³-hybridized carbons (Fsp3) is 0.647. The fourth-order valence-electron chi connectivity index (χ4n) is 3.57. The van der Waals surface area contributed by atoms with Crippen molar-refractivity contribution in [3.05, 3.63) is 23.3 Å². The van der Waals surface area contributed by atoms with Gasteiger partial charge >= 0.3 is 0 Å². The lowest BCUT2D eigenvalue weighted by Crippen LogP contribution is -2.47. The minimum absolute atomic E-state index is 0.0792. The summed E-state index contributed by atoms with van der Waals surface area (Å²) in [5.41, 5.74) is 2.10. The predicted octanol–water partition coefficient (Wildman–Crippen LogP) is 2.23. The fourth-order valence-corrected chi connectivity index (χ4v) is 5.01. The molecule has 6 nitrogen and oxygen atoms in total. The van der Waals surface area contributed by atoms with E-state index in [0.29, 0.717) is 31.0 Å². The molecule has 134 valence electrons. The van der Waals surface area contributed by atoms with Crippen LogP contribution in [-0.2, 0) is 23.2 Å². The van der Waals surface area contributed by atoms with E-state index in [-0.39, 0.29) is 6.04 Å². The molecule has 7 heteroatoms. The van der Waals surface area contributed by atoms with Crippen molar-refractivity contribution in [3.8, 4) is 11.5 Å². The van der Waals surface area contributed by atoms with Gasteiger partial charge in [0.2, 0.25) is 0 Å². The Balaban J connectivity index is 1.76. The van der Waals surface area contributed by atoms with E-state index in [1.807, 2.05) is 12.1 Å². The molecule has 3 rings (SSSR count). The second kappa shape index (κ2) is 7.29. The smallest absolute Gasteiger partial charge is 0.280 e. The number of fused-ring (bicyclic) bond motifs is 1. The van der Waals surface area contributed by atoms with Crippen LogP contribution in [0.15, 0.2) is 12.1 Å². The third-order valence-corrected chi connectivity index (χ3v) is 6.57. The molecular weight excluding hydrogens is 328 g/mol. The molecule has 1 N–H and O–H groups in total. The largest absolute Gasteiger partial charge is 0.493 e. The van der Waals surface area contributed by atoms with Gasteiger partial charge in [0, 0.05) is 19.1 Å². The van der Waals surface area contributed by atoms with Gasteiger partial charge in [-0.05, 0) is 42.5 Å². The highest BCUT2D eigenvalue weighted by atomic mass is 32.2. The van der Waals surface area contributed by atoms with Gasteiger partial charge in [-0.15, -0.1) is 0 Å². The lowest BCUT2D eigenvalue weighted by molar-refractivity contribution is 0.344. The molecule has 1 aliphatic carbocycles. The molecule has 0 saturated heterocycles. The first-order chi connectivity index (χ1) is 11.5. The zero-order valence-corrected chi connectivity index (χ0v) is 15.2. The number of hydrogen-bond donors (Lipinski definition) is 1. The number of nitrogens with zero attached hydrogens (tertiary/aromatic N) is 1. The van der Waals surface area contributed by atoms with Crippen LogP contribution in [0.1, 0.15) is 43.2 Å². The minimum atomic E-state index is -3.45. The maximum absolute atomic E-state index is 12.7. The van der Waals surface area contributed by atoms with Crippen molar-refractivity contribution in [1.29, 1.82) is 0 Å². The SMILES string of the molecule is COc1cc2c(cc1OC)CN(S(=O)(=O)NC1CCCCC1)CC2. The Hall–Kier alpha value is -1.31. The summed E-state index contributed by atoms with van der Waals surface area (Å²) in [7, 11) is -0.251. The Morgan fingerprint density at radius 1 is 1.04 bits per heavy atom. The van der Waals surface area contributed by atoms with E-state index in [1.165, 1.54) is 10.7 Å². The molecule has 1 fully saturated rings. The highest BCUT2D eigenvalue weighted by Crippen LogP contribution is 2.33. The molecule has 24 heavy (non-hydrogen) atoms. The molecule has 0 bridgehead atoms. The second-order valence-electron chi connectivity index (χ2n) is 6.52. The summed E-state index contributed by atoms with van der Waals surface area (Å²) in [5, 5.41) is 0. The number of methoxy groups -OCH3 is 2. The van der Waals surface area contributed by atoms with Crippen LogP contribution in [-0.4, -0.2) is 39.5 Å². The first-order valence-electron chi connectivity index (χ1n) is 8.54. The van der Waals surface area contributed by atoms with Crippen molar-refractivity contribution in [2.45, 2.75) is 51.1 Å². The monoisotopic (exact) mass is 354 g/mol. The van der Waals surface area contributed by atoms with E-state index in [1.54, 1.807) is 14.2 Å². The molecule has 0 unspecified atom stereocenters. The zero-order chi connectivity index (χ0) is 17.2. The van der Waals surface area contributed by atoms with Gasteiger partial charge in [-0.3, -0.25) is 0 Å². The lowest BCUT2D eigenvalue weighted by Gasteiger charge is -2.31. The molecule has 2 aliphatic rings. The van der Waals surface area contributed by atoms with Gasteiger partial charge in [0.1, 0.15) is 0 Å². The Labute approximate surface area is 144 Å². The summed E-state index contributed by atoms with van der Waals surface area (Å²) < 4.78 is 40.5. The van der Waals surface area contributed by atoms with Crippen LogP contribution in [0.2, 0.25) is 0 Å². The van der Waals surface area contributed by atoms with Crippen molar-refractivity contribution in [3.63, 3.8) is 0 Å². The number of hydrogen-bond acceptors (Lipinski definition) is 4. The Kier molecular flexibility index (Phi) is 5.32. The Morgan fingerprint density at radius 3 is 2.29 bits per heavy atom. The topological polar surface area (TPSA) is 67.9 Å². The van der Waals surface area contributed by atoms with Crippen molar-refractivity contribution >= 4 is 10.2 Å². The van der Waals surface area contributed by atoms with E-state index in [9.17, 15) is 8.42 Å². The van der Waals surface area contributed by atoms with Crippen LogP contribution in [0.5, 0.6) is 11.5 Å². The van der Waals surface area contributed by atoms with Crippen molar-refractivity contribution in [2.75, 3.05) is 20.8 Å². The van der Waals surface area contributed by atoms with E-state index >= 15 is 0 Å². The number of benzene rings is 1. The molecule has 1 aliphatic heterocycles. The summed E-state index contributed by atoms with van der Waals surface area (Å²) in [6.45, 7) is 0.863. The molecule has 0 aromatic heterocycles. The average Bonchev–Trinajstić information content (AvgIpc) is 2.60. The molecule has 0 radical (unpaired) electrons. The Morgan fingerprint density at radius 2 is 1.67 bits per heavy atom. The number of nitrogens with one attached hydrogen (secondary N) is 1. The van der Waals surface area contributed by atoms with E-state index in [4.69, 9.17) is 9.47 Å². The molecule has 1 aromatic rings. The first kappa shape index (κ1) is 17.5. The molecule has 0 amide bonds. The van der Waals surface area contributed by atoms with Gasteiger partial charge < -0.3 is 9.47 Å². The van der Waals surface area contributed by atoms with E-state index in [0.717, 1.165) is 36.8 Å². The van der Waals surface area contributed by atoms with Crippen LogP contribution in [0.4, 0.5) is 0 Å². The quantitative estimate of drug-likeness (QED) is 0.880. The number of ether oxygens (including phenoxy) is 2. The molecule has 1 saturated carbocycles. The molecular formula is C17H26N2O4S. The van der Waals surface area contributed by atoms with Gasteiger partial charge in [-0.1, -0.05) is 19.3 Å². The van der Waals surface area contributed by atoms with Gasteiger partial charge in [0.25, 0.3) is 10.2 Å². The van der Waals surface area contributed by atoms with Crippen LogP contribution < -0.4 is 14.2 Å². The van der Waals surface area contributed by atoms with Crippen molar-refractivity contribution in [1.82, 2.24) is 9.03 Å². The Bertz CT molecular complexity index is 684. The molecule has 0 atom stereocenters. The molecule has 1 aromatic carbocycles. The molecule has 1 heterocycles. The lowest BCUT2D eigenvalue weighted by atomic mass is 9.96. The second-order valence-corrected chi connectivity index (χ2v) is 8.22. The van der Waals surface area contributed by atoms with Crippen LogP contribution in [0.3, 0.4) is 0 Å². The van der Waals surface area contributed by atoms with Gasteiger partial charge in [-0.2, -0.15) is 17.4 Å². The van der Waals surface area contributed by atoms with Gasteiger partial charge in [-0.25, -0.2) is 0 Å². The summed E-state index contributed by atoms with van der Waals surface area (Å²) in [6.07, 6.45) is 5.97. The highest BCUT2D eigenvalue weighted by Gasteiger charge is 2.30. The highest BCUT2D eigenvalue weighted by molar-refractivity contribution is 7.87. The van der Waals surface area contributed by atoms with Gasteiger partial charge in [0.05, 0.1) is 14.2 Å². The van der Waals surface area contributed by atoms with E-state index < -0.39 is 10.2 Å². The van der Waals surface area contributed by atoms with E-state index in [2.05, 4.69) is 4.72 Å². The number of rotatable bonds is 5. The maximum Gasteiger partial charge on any atom is 0.280 e. The van der Waals surface area contributed by atoms with Crippen molar-refractivity contribution in [2.24, 2.45) is 0 Å². The summed E-state index contributed by atoms with van der Waals surface area (Å²) in [6, 6.07) is 3.92. The summed E-state index contributed by atoms with van der Waals surface area (Å²) in [4.78, 5) is 0. The predicted molar refractivity (Wildman–Crippen MR) is 92.6 cm³/mol. The van der Waals surface area contributed by atoms with Crippen LogP contribution in [0.25, 0.3) is 0 Å². The zero-order valence-electron chi connectivity index (χ0n) is 14.4. The third-order valence-electron chi connectivity index (χ3n) is 4.94. The van der Waals surface area contributed by atoms with Crippen LogP contribution in [0, 0.1) is 0 Å². The van der Waals surface area contributed by atoms with Crippen LogP contribution >= 0.6 is 0 Å². The first-order valence-corrected chi connectivity index (χ1v) is 9.98. The van der Waals surface area contributed by atoms with Crippen molar-refractivity contribution < 1.29 is 17.9 Å². The summed E-state index contributed by atoms with van der Waals surface area (Å²) in [5.74, 6) is 1.32. The molecule has 0 spiro atoms. The maximum atomic E-state index is 12.7. The minimum Gasteiger partial charge on any atom is -0.493 e. The normalized spacial score (nSPS) is 19.8. The summed E-state index contributed by atoms with van der Waals surface area (Å²) >= 11 is 0.